The van der Waals surface area contributed by atoms with Crippen molar-refractivity contribution in [3.8, 4) is 22.5 Å². The first kappa shape index (κ1) is 25.0. The van der Waals surface area contributed by atoms with E-state index in [0.29, 0.717) is 18.2 Å². The highest BCUT2D eigenvalue weighted by atomic mass is 16.4. The molecule has 188 valence electrons. The van der Waals surface area contributed by atoms with Crippen molar-refractivity contribution >= 4 is 6.09 Å². The molecule has 0 fully saturated rings. The highest BCUT2D eigenvalue weighted by Gasteiger charge is 2.32. The van der Waals surface area contributed by atoms with Gasteiger partial charge in [-0.3, -0.25) is 0 Å². The highest BCUT2D eigenvalue weighted by molar-refractivity contribution is 5.80. The maximum atomic E-state index is 11.6. The lowest BCUT2D eigenvalue weighted by Gasteiger charge is -2.29. The van der Waals surface area contributed by atoms with Crippen LogP contribution in [0.25, 0.3) is 22.5 Å². The Hall–Kier alpha value is -4.08. The maximum Gasteiger partial charge on any atom is 0.405 e. The molecule has 2 aromatic heterocycles. The van der Waals surface area contributed by atoms with Crippen molar-refractivity contribution < 1.29 is 9.90 Å². The van der Waals surface area contributed by atoms with Gasteiger partial charge in [0.15, 0.2) is 11.6 Å². The standard InChI is InChI=1S/C26H32N8O2/c1-5-6-11-21-27-24(22(26(2,3)4)28-25(35)36)34(31-21)16-17-12-14-18(15-13-17)19-9-7-8-10-20(19)23-29-32-33-30-23/h7-10,12-15,22,28H,5-6,11,16H2,1-4H3,(H,35,36)(H,29,30,32,33). The molecule has 1 atom stereocenters. The number of amides is 1. The lowest BCUT2D eigenvalue weighted by atomic mass is 9.86. The Balaban J connectivity index is 1.65. The van der Waals surface area contributed by atoms with E-state index in [9.17, 15) is 9.90 Å². The Morgan fingerprint density at radius 3 is 2.44 bits per heavy atom. The average molecular weight is 489 g/mol. The Morgan fingerprint density at radius 2 is 1.83 bits per heavy atom. The predicted molar refractivity (Wildman–Crippen MR) is 136 cm³/mol. The van der Waals surface area contributed by atoms with Gasteiger partial charge in [-0.15, -0.1) is 10.2 Å². The molecule has 1 amide bonds. The smallest absolute Gasteiger partial charge is 0.405 e. The van der Waals surface area contributed by atoms with Gasteiger partial charge in [0.2, 0.25) is 5.82 Å². The average Bonchev–Trinajstić information content (AvgIpc) is 3.51. The lowest BCUT2D eigenvalue weighted by molar-refractivity contribution is 0.171. The van der Waals surface area contributed by atoms with Crippen LogP contribution in [-0.4, -0.2) is 46.6 Å². The molecule has 0 aliphatic rings. The van der Waals surface area contributed by atoms with Gasteiger partial charge in [0, 0.05) is 12.0 Å². The number of rotatable bonds is 9. The highest BCUT2D eigenvalue weighted by Crippen LogP contribution is 2.33. The van der Waals surface area contributed by atoms with Crippen LogP contribution in [0.15, 0.2) is 48.5 Å². The van der Waals surface area contributed by atoms with E-state index in [4.69, 9.17) is 10.1 Å². The van der Waals surface area contributed by atoms with Gasteiger partial charge < -0.3 is 10.4 Å². The minimum atomic E-state index is -1.08. The van der Waals surface area contributed by atoms with E-state index in [-0.39, 0.29) is 5.41 Å². The summed E-state index contributed by atoms with van der Waals surface area (Å²) in [6, 6.07) is 15.6. The van der Waals surface area contributed by atoms with Crippen molar-refractivity contribution in [3.05, 3.63) is 65.7 Å². The summed E-state index contributed by atoms with van der Waals surface area (Å²) in [7, 11) is 0. The maximum absolute atomic E-state index is 11.6. The summed E-state index contributed by atoms with van der Waals surface area (Å²) < 4.78 is 1.83. The zero-order chi connectivity index (χ0) is 25.7. The largest absolute Gasteiger partial charge is 0.465 e. The molecule has 10 nitrogen and oxygen atoms in total. The molecular weight excluding hydrogens is 456 g/mol. The van der Waals surface area contributed by atoms with Crippen LogP contribution in [0.1, 0.15) is 63.8 Å². The van der Waals surface area contributed by atoms with E-state index >= 15 is 0 Å². The van der Waals surface area contributed by atoms with Crippen LogP contribution in [0, 0.1) is 5.41 Å². The summed E-state index contributed by atoms with van der Waals surface area (Å²) in [6.45, 7) is 8.59. The molecule has 4 aromatic rings. The molecule has 0 radical (unpaired) electrons. The molecule has 2 aromatic carbocycles. The summed E-state index contributed by atoms with van der Waals surface area (Å²) in [4.78, 5) is 16.4. The number of carboxylic acid groups (broad SMARTS) is 1. The minimum Gasteiger partial charge on any atom is -0.465 e. The summed E-state index contributed by atoms with van der Waals surface area (Å²) >= 11 is 0. The van der Waals surface area contributed by atoms with Crippen LogP contribution in [-0.2, 0) is 13.0 Å². The lowest BCUT2D eigenvalue weighted by Crippen LogP contribution is -2.37. The van der Waals surface area contributed by atoms with E-state index in [1.54, 1.807) is 0 Å². The second kappa shape index (κ2) is 10.7. The molecule has 0 saturated heterocycles. The first-order valence-corrected chi connectivity index (χ1v) is 12.1. The number of hydrogen-bond donors (Lipinski definition) is 3. The second-order valence-corrected chi connectivity index (χ2v) is 9.87. The number of aromatic amines is 1. The molecule has 0 aliphatic heterocycles. The van der Waals surface area contributed by atoms with Gasteiger partial charge in [-0.1, -0.05) is 82.6 Å². The van der Waals surface area contributed by atoms with Crippen LogP contribution in [0.4, 0.5) is 4.79 Å². The quantitative estimate of drug-likeness (QED) is 0.306. The molecular formula is C26H32N8O2. The second-order valence-electron chi connectivity index (χ2n) is 9.87. The van der Waals surface area contributed by atoms with Crippen molar-refractivity contribution in [1.29, 1.82) is 0 Å². The molecule has 10 heteroatoms. The van der Waals surface area contributed by atoms with Gasteiger partial charge in [-0.05, 0) is 33.7 Å². The Bertz CT molecular complexity index is 1290. The third kappa shape index (κ3) is 5.76. The van der Waals surface area contributed by atoms with E-state index < -0.39 is 12.1 Å². The van der Waals surface area contributed by atoms with Gasteiger partial charge in [0.05, 0.1) is 12.6 Å². The Kier molecular flexibility index (Phi) is 7.42. The summed E-state index contributed by atoms with van der Waals surface area (Å²) in [6.07, 6.45) is 1.69. The van der Waals surface area contributed by atoms with E-state index in [1.165, 1.54) is 0 Å². The normalized spacial score (nSPS) is 12.4. The monoisotopic (exact) mass is 488 g/mol. The first-order valence-electron chi connectivity index (χ1n) is 12.1. The molecule has 2 heterocycles. The van der Waals surface area contributed by atoms with Gasteiger partial charge in [-0.2, -0.15) is 10.3 Å². The number of hydrogen-bond acceptors (Lipinski definition) is 6. The molecule has 0 saturated carbocycles. The van der Waals surface area contributed by atoms with Crippen LogP contribution >= 0.6 is 0 Å². The van der Waals surface area contributed by atoms with E-state index in [1.807, 2.05) is 49.7 Å². The van der Waals surface area contributed by atoms with Gasteiger partial charge in [0.1, 0.15) is 0 Å². The molecule has 3 N–H and O–H groups in total. The van der Waals surface area contributed by atoms with Crippen molar-refractivity contribution in [2.45, 2.75) is 59.5 Å². The predicted octanol–water partition coefficient (Wildman–Crippen LogP) is 4.87. The number of benzene rings is 2. The topological polar surface area (TPSA) is 134 Å². The summed E-state index contributed by atoms with van der Waals surface area (Å²) in [5.41, 5.74) is 3.58. The Morgan fingerprint density at radius 1 is 1.11 bits per heavy atom. The molecule has 0 spiro atoms. The van der Waals surface area contributed by atoms with Gasteiger partial charge in [-0.25, -0.2) is 14.5 Å². The number of tetrazole rings is 1. The summed E-state index contributed by atoms with van der Waals surface area (Å²) in [5.74, 6) is 1.90. The van der Waals surface area contributed by atoms with Crippen molar-refractivity contribution in [3.63, 3.8) is 0 Å². The zero-order valence-corrected chi connectivity index (χ0v) is 21.1. The fourth-order valence-corrected chi connectivity index (χ4v) is 4.13. The number of H-pyrrole nitrogens is 1. The zero-order valence-electron chi connectivity index (χ0n) is 21.1. The van der Waals surface area contributed by atoms with E-state index in [0.717, 1.165) is 47.3 Å². The van der Waals surface area contributed by atoms with Crippen molar-refractivity contribution in [1.82, 2.24) is 40.7 Å². The SMILES string of the molecule is CCCCc1nc(C(NC(=O)O)C(C)(C)C)n(Cc2ccc(-c3ccccc3-c3nn[nH]n3)cc2)n1. The fraction of sp³-hybridized carbons (Fsp3) is 0.385. The van der Waals surface area contributed by atoms with Crippen LogP contribution in [0.5, 0.6) is 0 Å². The Labute approximate surface area is 210 Å². The molecule has 1 unspecified atom stereocenters. The number of carbonyl (C=O) groups is 1. The minimum absolute atomic E-state index is 0.381. The molecule has 0 bridgehead atoms. The fourth-order valence-electron chi connectivity index (χ4n) is 4.13. The number of nitrogens with one attached hydrogen (secondary N) is 2. The van der Waals surface area contributed by atoms with Crippen LogP contribution in [0.2, 0.25) is 0 Å². The summed E-state index contributed by atoms with van der Waals surface area (Å²) in [5, 5.41) is 31.3. The van der Waals surface area contributed by atoms with Gasteiger partial charge in [0.25, 0.3) is 0 Å². The number of aryl methyl sites for hydroxylation is 1. The molecule has 0 aliphatic carbocycles. The number of nitrogens with zero attached hydrogens (tertiary/aromatic N) is 6. The number of aromatic nitrogens is 7. The van der Waals surface area contributed by atoms with Crippen molar-refractivity contribution in [2.75, 3.05) is 0 Å². The third-order valence-electron chi connectivity index (χ3n) is 6.00. The molecule has 4 rings (SSSR count). The number of unbranched alkanes of at least 4 members (excludes halogenated alkanes) is 1. The van der Waals surface area contributed by atoms with Gasteiger partial charge >= 0.3 is 6.09 Å². The van der Waals surface area contributed by atoms with Crippen molar-refractivity contribution in [2.24, 2.45) is 5.41 Å². The first-order chi connectivity index (χ1) is 17.3. The van der Waals surface area contributed by atoms with Crippen LogP contribution < -0.4 is 5.32 Å². The molecule has 36 heavy (non-hydrogen) atoms. The van der Waals surface area contributed by atoms with Crippen LogP contribution in [0.3, 0.4) is 0 Å². The third-order valence-corrected chi connectivity index (χ3v) is 6.00. The van der Waals surface area contributed by atoms with E-state index in [2.05, 4.69) is 57.1 Å².